The van der Waals surface area contributed by atoms with E-state index in [1.165, 1.54) is 49.2 Å². The lowest BCUT2D eigenvalue weighted by molar-refractivity contribution is 0.576. The van der Waals surface area contributed by atoms with E-state index in [1.54, 1.807) is 0 Å². The monoisotopic (exact) mass is 204 g/mol. The number of aryl methyl sites for hydroxylation is 2. The van der Waals surface area contributed by atoms with Crippen LogP contribution in [0.3, 0.4) is 0 Å². The van der Waals surface area contributed by atoms with Gasteiger partial charge in [-0.2, -0.15) is 0 Å². The topological polar surface area (TPSA) is 29.3 Å². The molecule has 2 rings (SSSR count). The third kappa shape index (κ3) is 2.09. The number of hydrogen-bond donors (Lipinski definition) is 1. The van der Waals surface area contributed by atoms with Gasteiger partial charge in [0.05, 0.1) is 0 Å². The molecule has 0 unspecified atom stereocenters. The number of piperidine rings is 1. The van der Waals surface area contributed by atoms with E-state index < -0.39 is 0 Å². The summed E-state index contributed by atoms with van der Waals surface area (Å²) in [7, 11) is 0. The fourth-order valence-electron chi connectivity index (χ4n) is 2.61. The lowest BCUT2D eigenvalue weighted by Gasteiger charge is -2.31. The number of nitrogens with zero attached hydrogens (tertiary/aromatic N) is 1. The molecule has 15 heavy (non-hydrogen) atoms. The van der Waals surface area contributed by atoms with Crippen molar-refractivity contribution in [2.75, 3.05) is 23.7 Å². The molecule has 2 N–H and O–H groups in total. The van der Waals surface area contributed by atoms with E-state index in [9.17, 15) is 0 Å². The number of benzene rings is 1. The van der Waals surface area contributed by atoms with E-state index in [0.717, 1.165) is 5.69 Å². The molecular weight excluding hydrogens is 184 g/mol. The molecule has 0 atom stereocenters. The van der Waals surface area contributed by atoms with Gasteiger partial charge in [0.1, 0.15) is 0 Å². The van der Waals surface area contributed by atoms with E-state index in [2.05, 4.69) is 30.9 Å². The summed E-state index contributed by atoms with van der Waals surface area (Å²) in [5.41, 5.74) is 10.8. The molecule has 2 heteroatoms. The molecule has 0 spiro atoms. The standard InChI is InChI=1S/C13H20N2/c1-10-8-12(14)9-11(2)13(10)15-6-4-3-5-7-15/h8-9H,3-7,14H2,1-2H3. The zero-order valence-corrected chi connectivity index (χ0v) is 9.71. The lowest BCUT2D eigenvalue weighted by Crippen LogP contribution is -2.30. The average Bonchev–Trinajstić information content (AvgIpc) is 2.17. The van der Waals surface area contributed by atoms with Crippen LogP contribution in [0.1, 0.15) is 30.4 Å². The number of rotatable bonds is 1. The van der Waals surface area contributed by atoms with Crippen LogP contribution >= 0.6 is 0 Å². The summed E-state index contributed by atoms with van der Waals surface area (Å²) < 4.78 is 0. The van der Waals surface area contributed by atoms with Crippen LogP contribution in [0.4, 0.5) is 11.4 Å². The maximum absolute atomic E-state index is 5.84. The summed E-state index contributed by atoms with van der Waals surface area (Å²) in [5, 5.41) is 0. The summed E-state index contributed by atoms with van der Waals surface area (Å²) in [6.45, 7) is 6.72. The molecule has 0 amide bonds. The summed E-state index contributed by atoms with van der Waals surface area (Å²) in [6, 6.07) is 4.16. The lowest BCUT2D eigenvalue weighted by atomic mass is 10.0. The highest BCUT2D eigenvalue weighted by molar-refractivity contribution is 5.64. The van der Waals surface area contributed by atoms with Crippen LogP contribution in [-0.2, 0) is 0 Å². The van der Waals surface area contributed by atoms with Gasteiger partial charge in [-0.3, -0.25) is 0 Å². The molecule has 2 nitrogen and oxygen atoms in total. The number of anilines is 2. The van der Waals surface area contributed by atoms with E-state index >= 15 is 0 Å². The molecule has 1 aliphatic heterocycles. The number of hydrogen-bond acceptors (Lipinski definition) is 2. The number of nitrogens with two attached hydrogens (primary N) is 1. The molecule has 1 aromatic carbocycles. The van der Waals surface area contributed by atoms with Gasteiger partial charge >= 0.3 is 0 Å². The molecule has 0 aromatic heterocycles. The normalized spacial score (nSPS) is 16.8. The van der Waals surface area contributed by atoms with Crippen molar-refractivity contribution in [3.05, 3.63) is 23.3 Å². The van der Waals surface area contributed by atoms with Gasteiger partial charge in [0, 0.05) is 24.5 Å². The second-order valence-corrected chi connectivity index (χ2v) is 4.55. The quantitative estimate of drug-likeness (QED) is 0.713. The van der Waals surface area contributed by atoms with Crippen molar-refractivity contribution in [3.8, 4) is 0 Å². The van der Waals surface area contributed by atoms with E-state index in [4.69, 9.17) is 5.73 Å². The first-order valence-corrected chi connectivity index (χ1v) is 5.80. The minimum absolute atomic E-state index is 0.880. The molecule has 1 heterocycles. The maximum atomic E-state index is 5.84. The first-order valence-electron chi connectivity index (χ1n) is 5.80. The Labute approximate surface area is 92.1 Å². The minimum atomic E-state index is 0.880. The van der Waals surface area contributed by atoms with Gasteiger partial charge in [0.2, 0.25) is 0 Å². The Balaban J connectivity index is 2.33. The Kier molecular flexibility index (Phi) is 2.85. The smallest absolute Gasteiger partial charge is 0.0427 e. The fourth-order valence-corrected chi connectivity index (χ4v) is 2.61. The zero-order chi connectivity index (χ0) is 10.8. The van der Waals surface area contributed by atoms with Crippen molar-refractivity contribution < 1.29 is 0 Å². The second-order valence-electron chi connectivity index (χ2n) is 4.55. The van der Waals surface area contributed by atoms with Crippen LogP contribution in [0, 0.1) is 13.8 Å². The molecule has 1 fully saturated rings. The van der Waals surface area contributed by atoms with Crippen molar-refractivity contribution in [2.24, 2.45) is 0 Å². The van der Waals surface area contributed by atoms with E-state index in [0.29, 0.717) is 0 Å². The first-order chi connectivity index (χ1) is 7.18. The Morgan fingerprint density at radius 3 is 2.07 bits per heavy atom. The van der Waals surface area contributed by atoms with Crippen molar-refractivity contribution in [1.82, 2.24) is 0 Å². The Bertz CT molecular complexity index is 329. The Morgan fingerprint density at radius 2 is 1.53 bits per heavy atom. The first kappa shape index (κ1) is 10.3. The van der Waals surface area contributed by atoms with Gasteiger partial charge in [-0.05, 0) is 56.4 Å². The SMILES string of the molecule is Cc1cc(N)cc(C)c1N1CCCCC1. The molecule has 0 bridgehead atoms. The fraction of sp³-hybridized carbons (Fsp3) is 0.538. The predicted molar refractivity (Wildman–Crippen MR) is 66.4 cm³/mol. The predicted octanol–water partition coefficient (Wildman–Crippen LogP) is 2.88. The van der Waals surface area contributed by atoms with Gasteiger partial charge < -0.3 is 10.6 Å². The van der Waals surface area contributed by atoms with Crippen LogP contribution in [0.2, 0.25) is 0 Å². The molecule has 0 aliphatic carbocycles. The largest absolute Gasteiger partial charge is 0.399 e. The van der Waals surface area contributed by atoms with E-state index in [1.807, 2.05) is 0 Å². The Hall–Kier alpha value is -1.18. The summed E-state index contributed by atoms with van der Waals surface area (Å²) in [5.74, 6) is 0. The molecule has 0 saturated carbocycles. The summed E-state index contributed by atoms with van der Waals surface area (Å²) >= 11 is 0. The van der Waals surface area contributed by atoms with Crippen molar-refractivity contribution >= 4 is 11.4 Å². The van der Waals surface area contributed by atoms with Crippen LogP contribution in [0.15, 0.2) is 12.1 Å². The third-order valence-electron chi connectivity index (χ3n) is 3.19. The molecule has 0 radical (unpaired) electrons. The average molecular weight is 204 g/mol. The Morgan fingerprint density at radius 1 is 1.00 bits per heavy atom. The van der Waals surface area contributed by atoms with Crippen molar-refractivity contribution in [3.63, 3.8) is 0 Å². The second kappa shape index (κ2) is 4.13. The molecule has 1 aromatic rings. The van der Waals surface area contributed by atoms with Gasteiger partial charge in [0.25, 0.3) is 0 Å². The van der Waals surface area contributed by atoms with Crippen LogP contribution in [0.25, 0.3) is 0 Å². The molecule has 82 valence electrons. The summed E-state index contributed by atoms with van der Waals surface area (Å²) in [4.78, 5) is 2.51. The highest BCUT2D eigenvalue weighted by Crippen LogP contribution is 2.29. The van der Waals surface area contributed by atoms with Crippen LogP contribution in [0.5, 0.6) is 0 Å². The van der Waals surface area contributed by atoms with Gasteiger partial charge in [-0.15, -0.1) is 0 Å². The van der Waals surface area contributed by atoms with Gasteiger partial charge in [-0.25, -0.2) is 0 Å². The summed E-state index contributed by atoms with van der Waals surface area (Å²) in [6.07, 6.45) is 4.02. The zero-order valence-electron chi connectivity index (χ0n) is 9.71. The maximum Gasteiger partial charge on any atom is 0.0427 e. The van der Waals surface area contributed by atoms with Crippen molar-refractivity contribution in [2.45, 2.75) is 33.1 Å². The van der Waals surface area contributed by atoms with Gasteiger partial charge in [0.15, 0.2) is 0 Å². The van der Waals surface area contributed by atoms with Crippen LogP contribution in [-0.4, -0.2) is 13.1 Å². The highest BCUT2D eigenvalue weighted by atomic mass is 15.1. The minimum Gasteiger partial charge on any atom is -0.399 e. The molecular formula is C13H20N2. The molecule has 1 saturated heterocycles. The van der Waals surface area contributed by atoms with Crippen molar-refractivity contribution in [1.29, 1.82) is 0 Å². The van der Waals surface area contributed by atoms with Crippen LogP contribution < -0.4 is 10.6 Å². The van der Waals surface area contributed by atoms with E-state index in [-0.39, 0.29) is 0 Å². The van der Waals surface area contributed by atoms with Gasteiger partial charge in [-0.1, -0.05) is 0 Å². The molecule has 1 aliphatic rings. The number of nitrogen functional groups attached to an aromatic ring is 1. The highest BCUT2D eigenvalue weighted by Gasteiger charge is 2.15. The third-order valence-corrected chi connectivity index (χ3v) is 3.19.